The van der Waals surface area contributed by atoms with Crippen LogP contribution >= 0.6 is 0 Å². The number of carbonyl (C=O) groups excluding carboxylic acids is 2. The smallest absolute Gasteiger partial charge is 0.139 e. The number of hydrogen-bond acceptors (Lipinski definition) is 10. The van der Waals surface area contributed by atoms with Gasteiger partial charge in [-0.3, -0.25) is 9.59 Å². The van der Waals surface area contributed by atoms with E-state index in [-0.39, 0.29) is 11.6 Å². The van der Waals surface area contributed by atoms with E-state index in [1.807, 2.05) is 12.1 Å². The van der Waals surface area contributed by atoms with Crippen LogP contribution in [-0.4, -0.2) is 51.9 Å². The molecule has 0 radical (unpaired) electrons. The van der Waals surface area contributed by atoms with Gasteiger partial charge in [0.15, 0.2) is 0 Å². The van der Waals surface area contributed by atoms with E-state index in [2.05, 4.69) is 52.5 Å². The summed E-state index contributed by atoms with van der Waals surface area (Å²) in [4.78, 5) is 40.6. The molecule has 0 aromatic carbocycles. The van der Waals surface area contributed by atoms with Crippen LogP contribution in [0.25, 0.3) is 0 Å². The molecule has 1 fully saturated rings. The molecule has 2 unspecified atom stereocenters. The lowest BCUT2D eigenvalue weighted by molar-refractivity contribution is -0.119. The molecule has 1 aliphatic rings. The molecule has 0 spiro atoms. The number of hydrogen-bond donors (Lipinski definition) is 0. The van der Waals surface area contributed by atoms with Crippen molar-refractivity contribution >= 4 is 11.6 Å². The molecule has 4 heterocycles. The number of aryl methyl sites for hydroxylation is 2. The molecule has 5 rings (SSSR count). The summed E-state index contributed by atoms with van der Waals surface area (Å²) in [5.74, 6) is 0.891. The zero-order valence-electron chi connectivity index (χ0n) is 22.4. The highest BCUT2D eigenvalue weighted by molar-refractivity contribution is 5.81. The molecular formula is C30H32N8O2. The van der Waals surface area contributed by atoms with E-state index in [0.717, 1.165) is 59.8 Å². The van der Waals surface area contributed by atoms with E-state index in [0.29, 0.717) is 50.4 Å². The lowest BCUT2D eigenvalue weighted by Crippen LogP contribution is -2.16. The number of aromatic nitrogens is 8. The van der Waals surface area contributed by atoms with Gasteiger partial charge >= 0.3 is 0 Å². The minimum atomic E-state index is 0.126. The second-order valence-electron chi connectivity index (χ2n) is 10.3. The van der Waals surface area contributed by atoms with Crippen molar-refractivity contribution in [2.45, 2.75) is 76.0 Å². The summed E-state index contributed by atoms with van der Waals surface area (Å²) in [5.41, 5.74) is 5.10. The van der Waals surface area contributed by atoms with Crippen LogP contribution in [0.2, 0.25) is 0 Å². The van der Waals surface area contributed by atoms with Gasteiger partial charge in [-0.1, -0.05) is 6.42 Å². The molecule has 2 atom stereocenters. The minimum absolute atomic E-state index is 0.126. The van der Waals surface area contributed by atoms with Gasteiger partial charge in [0.2, 0.25) is 0 Å². The van der Waals surface area contributed by atoms with Crippen molar-refractivity contribution in [2.75, 3.05) is 0 Å². The summed E-state index contributed by atoms with van der Waals surface area (Å²) in [5, 5.41) is 17.9. The number of rotatable bonds is 12. The summed E-state index contributed by atoms with van der Waals surface area (Å²) in [7, 11) is 0. The Morgan fingerprint density at radius 3 is 1.52 bits per heavy atom. The maximum absolute atomic E-state index is 12.3. The van der Waals surface area contributed by atoms with Gasteiger partial charge in [0.25, 0.3) is 0 Å². The van der Waals surface area contributed by atoms with Gasteiger partial charge in [0, 0.05) is 49.9 Å². The highest BCUT2D eigenvalue weighted by Crippen LogP contribution is 2.39. The average Bonchev–Trinajstić information content (AvgIpc) is 3.01. The lowest BCUT2D eigenvalue weighted by atomic mass is 9.78. The predicted octanol–water partition coefficient (Wildman–Crippen LogP) is 3.78. The number of nitrogens with zero attached hydrogens (tertiary/aromatic N) is 8. The third-order valence-corrected chi connectivity index (χ3v) is 7.35. The van der Waals surface area contributed by atoms with Crippen molar-refractivity contribution < 1.29 is 9.59 Å². The van der Waals surface area contributed by atoms with E-state index in [1.165, 1.54) is 12.7 Å². The molecule has 10 nitrogen and oxygen atoms in total. The molecule has 0 bridgehead atoms. The molecular weight excluding hydrogens is 504 g/mol. The van der Waals surface area contributed by atoms with E-state index in [1.54, 1.807) is 24.5 Å². The summed E-state index contributed by atoms with van der Waals surface area (Å²) in [6.07, 6.45) is 13.0. The predicted molar refractivity (Wildman–Crippen MR) is 146 cm³/mol. The van der Waals surface area contributed by atoms with Crippen molar-refractivity contribution in [1.82, 2.24) is 40.3 Å². The fourth-order valence-corrected chi connectivity index (χ4v) is 5.13. The third-order valence-electron chi connectivity index (χ3n) is 7.35. The standard InChI is InChI=1S/C30H32N8O2/c39-27(17-25-12-14-31-19-33-25)8-4-23-6-10-29(37-35-23)21-2-1-3-22(16-21)30-11-7-24(36-38-30)5-9-28(40)18-26-13-15-32-20-34-26/h6-7,10-15,19-22H,1-5,8-9,16-18H2. The van der Waals surface area contributed by atoms with Crippen LogP contribution in [-0.2, 0) is 35.3 Å². The zero-order valence-corrected chi connectivity index (χ0v) is 22.4. The van der Waals surface area contributed by atoms with E-state index >= 15 is 0 Å². The SMILES string of the molecule is O=C(CCc1ccc(C2CCCC(c3ccc(CCC(=O)Cc4ccncn4)nn3)C2)nn1)Cc1ccncn1. The van der Waals surface area contributed by atoms with Crippen LogP contribution in [0, 0.1) is 0 Å². The second kappa shape index (κ2) is 13.6. The van der Waals surface area contributed by atoms with Gasteiger partial charge in [0.1, 0.15) is 24.2 Å². The Balaban J connectivity index is 1.09. The first-order chi connectivity index (χ1) is 19.6. The maximum Gasteiger partial charge on any atom is 0.139 e. The molecule has 4 aromatic heterocycles. The van der Waals surface area contributed by atoms with Gasteiger partial charge in [-0.25, -0.2) is 19.9 Å². The van der Waals surface area contributed by atoms with E-state index < -0.39 is 0 Å². The van der Waals surface area contributed by atoms with E-state index in [4.69, 9.17) is 0 Å². The zero-order chi connectivity index (χ0) is 27.6. The van der Waals surface area contributed by atoms with Gasteiger partial charge in [0.05, 0.1) is 34.2 Å². The van der Waals surface area contributed by atoms with Crippen LogP contribution in [0.15, 0.2) is 61.4 Å². The summed E-state index contributed by atoms with van der Waals surface area (Å²) >= 11 is 0. The van der Waals surface area contributed by atoms with Crippen molar-refractivity contribution in [2.24, 2.45) is 0 Å². The molecule has 0 saturated heterocycles. The number of carbonyl (C=O) groups is 2. The first-order valence-corrected chi connectivity index (χ1v) is 13.8. The fourth-order valence-electron chi connectivity index (χ4n) is 5.13. The molecule has 10 heteroatoms. The largest absolute Gasteiger partial charge is 0.299 e. The van der Waals surface area contributed by atoms with Crippen molar-refractivity contribution in [3.63, 3.8) is 0 Å². The first-order valence-electron chi connectivity index (χ1n) is 13.8. The molecule has 1 aliphatic carbocycles. The van der Waals surface area contributed by atoms with Crippen molar-refractivity contribution in [3.05, 3.63) is 95.6 Å². The molecule has 204 valence electrons. The first kappa shape index (κ1) is 27.2. The molecule has 4 aromatic rings. The highest BCUT2D eigenvalue weighted by atomic mass is 16.1. The van der Waals surface area contributed by atoms with Crippen molar-refractivity contribution in [1.29, 1.82) is 0 Å². The Morgan fingerprint density at radius 1 is 0.625 bits per heavy atom. The van der Waals surface area contributed by atoms with Gasteiger partial charge in [-0.15, -0.1) is 0 Å². The van der Waals surface area contributed by atoms with Crippen molar-refractivity contribution in [3.8, 4) is 0 Å². The Labute approximate surface area is 233 Å². The normalized spacial score (nSPS) is 16.9. The van der Waals surface area contributed by atoms with Crippen LogP contribution in [0.4, 0.5) is 0 Å². The van der Waals surface area contributed by atoms with Crippen LogP contribution < -0.4 is 0 Å². The summed E-state index contributed by atoms with van der Waals surface area (Å²) in [6.45, 7) is 0. The second-order valence-corrected chi connectivity index (χ2v) is 10.3. The number of ketones is 2. The highest BCUT2D eigenvalue weighted by Gasteiger charge is 2.26. The van der Waals surface area contributed by atoms with Crippen LogP contribution in [0.1, 0.15) is 84.5 Å². The van der Waals surface area contributed by atoms with Gasteiger partial charge in [-0.2, -0.15) is 20.4 Å². The van der Waals surface area contributed by atoms with Crippen LogP contribution in [0.5, 0.6) is 0 Å². The maximum atomic E-state index is 12.3. The lowest BCUT2D eigenvalue weighted by Gasteiger charge is -2.28. The molecule has 0 amide bonds. The monoisotopic (exact) mass is 536 g/mol. The van der Waals surface area contributed by atoms with Gasteiger partial charge in [-0.05, 0) is 68.5 Å². The van der Waals surface area contributed by atoms with E-state index in [9.17, 15) is 9.59 Å². The van der Waals surface area contributed by atoms with Crippen LogP contribution in [0.3, 0.4) is 0 Å². The minimum Gasteiger partial charge on any atom is -0.299 e. The molecule has 40 heavy (non-hydrogen) atoms. The Kier molecular flexibility index (Phi) is 9.29. The average molecular weight is 537 g/mol. The number of Topliss-reactive ketones (excluding diaryl/α,β-unsaturated/α-hetero) is 2. The summed E-state index contributed by atoms with van der Waals surface area (Å²) < 4.78 is 0. The third kappa shape index (κ3) is 7.84. The Bertz CT molecular complexity index is 1280. The molecule has 0 aliphatic heterocycles. The molecule has 0 N–H and O–H groups in total. The molecule has 1 saturated carbocycles. The summed E-state index contributed by atoms with van der Waals surface area (Å²) in [6, 6.07) is 11.6. The topological polar surface area (TPSA) is 137 Å². The Hall–Kier alpha value is -4.34. The fraction of sp³-hybridized carbons (Fsp3) is 0.400. The quantitative estimate of drug-likeness (QED) is 0.263. The Morgan fingerprint density at radius 2 is 1.12 bits per heavy atom. The van der Waals surface area contributed by atoms with Gasteiger partial charge < -0.3 is 0 Å².